The summed E-state index contributed by atoms with van der Waals surface area (Å²) in [5.41, 5.74) is 10.9. The summed E-state index contributed by atoms with van der Waals surface area (Å²) < 4.78 is 1.89. The van der Waals surface area contributed by atoms with Gasteiger partial charge in [0, 0.05) is 18.2 Å². The van der Waals surface area contributed by atoms with Gasteiger partial charge >= 0.3 is 0 Å². The monoisotopic (exact) mass is 259 g/mol. The van der Waals surface area contributed by atoms with Gasteiger partial charge in [0.2, 0.25) is 0 Å². The Hall–Kier alpha value is -1.75. The molecule has 102 valence electrons. The molecule has 2 aromatic rings. The van der Waals surface area contributed by atoms with Crippen molar-refractivity contribution >= 4 is 0 Å². The minimum Gasteiger partial charge on any atom is -0.325 e. The lowest BCUT2D eigenvalue weighted by Crippen LogP contribution is -2.12. The van der Waals surface area contributed by atoms with Crippen LogP contribution in [0.5, 0.6) is 0 Å². The molecule has 0 amide bonds. The second-order valence-corrected chi connectivity index (χ2v) is 5.13. The average Bonchev–Trinajstić information content (AvgIpc) is 2.65. The number of nitrogens with two attached hydrogens (primary N) is 1. The second-order valence-electron chi connectivity index (χ2n) is 5.13. The summed E-state index contributed by atoms with van der Waals surface area (Å²) >= 11 is 0. The van der Waals surface area contributed by atoms with Crippen molar-refractivity contribution in [1.29, 1.82) is 0 Å². The highest BCUT2D eigenvalue weighted by atomic mass is 15.3. The molecule has 0 aliphatic rings. The molecule has 0 saturated carbocycles. The van der Waals surface area contributed by atoms with Gasteiger partial charge in [-0.25, -0.2) is 14.6 Å². The summed E-state index contributed by atoms with van der Waals surface area (Å²) in [6.07, 6.45) is 1.82. The van der Waals surface area contributed by atoms with E-state index in [-0.39, 0.29) is 0 Å². The first-order valence-electron chi connectivity index (χ1n) is 6.54. The fraction of sp³-hybridized carbons (Fsp3) is 0.500. The number of aromatic nitrogens is 4. The molecule has 0 saturated heterocycles. The van der Waals surface area contributed by atoms with Gasteiger partial charge in [0.15, 0.2) is 0 Å². The van der Waals surface area contributed by atoms with Crippen molar-refractivity contribution in [3.05, 3.63) is 34.7 Å². The Morgan fingerprint density at radius 2 is 1.95 bits per heavy atom. The summed E-state index contributed by atoms with van der Waals surface area (Å²) in [6, 6.07) is 0. The topological polar surface area (TPSA) is 69.6 Å². The zero-order chi connectivity index (χ0) is 14.2. The molecule has 0 atom stereocenters. The van der Waals surface area contributed by atoms with E-state index >= 15 is 0 Å². The fourth-order valence-electron chi connectivity index (χ4n) is 1.99. The zero-order valence-electron chi connectivity index (χ0n) is 12.2. The Labute approximate surface area is 113 Å². The normalized spacial score (nSPS) is 11.3. The molecule has 0 radical (unpaired) electrons. The van der Waals surface area contributed by atoms with Gasteiger partial charge in [0.05, 0.1) is 17.6 Å². The third kappa shape index (κ3) is 2.38. The third-order valence-corrected chi connectivity index (χ3v) is 3.46. The molecule has 0 spiro atoms. The fourth-order valence-corrected chi connectivity index (χ4v) is 1.99. The highest BCUT2D eigenvalue weighted by Gasteiger charge is 2.14. The summed E-state index contributed by atoms with van der Waals surface area (Å²) in [7, 11) is 0. The Balaban J connectivity index is 2.58. The van der Waals surface area contributed by atoms with Gasteiger partial charge in [0.25, 0.3) is 0 Å². The van der Waals surface area contributed by atoms with Crippen LogP contribution in [-0.4, -0.2) is 19.7 Å². The maximum atomic E-state index is 5.82. The molecule has 0 aliphatic heterocycles. The molecule has 0 unspecified atom stereocenters. The largest absolute Gasteiger partial charge is 0.325 e. The van der Waals surface area contributed by atoms with Crippen LogP contribution in [0.1, 0.15) is 48.2 Å². The SMILES string of the molecule is Cc1nn(-c2cnc(C(C)C)nc2CN)c(C)c1C. The summed E-state index contributed by atoms with van der Waals surface area (Å²) in [5.74, 6) is 1.11. The summed E-state index contributed by atoms with van der Waals surface area (Å²) in [4.78, 5) is 8.97. The van der Waals surface area contributed by atoms with Crippen molar-refractivity contribution in [2.24, 2.45) is 5.73 Å². The maximum absolute atomic E-state index is 5.82. The van der Waals surface area contributed by atoms with Crippen LogP contribution >= 0.6 is 0 Å². The van der Waals surface area contributed by atoms with Crippen molar-refractivity contribution in [3.8, 4) is 5.69 Å². The van der Waals surface area contributed by atoms with E-state index in [2.05, 4.69) is 35.8 Å². The number of rotatable bonds is 3. The molecule has 2 heterocycles. The van der Waals surface area contributed by atoms with Crippen molar-refractivity contribution < 1.29 is 0 Å². The lowest BCUT2D eigenvalue weighted by molar-refractivity contribution is 0.730. The molecule has 0 bridgehead atoms. The van der Waals surface area contributed by atoms with E-state index in [0.29, 0.717) is 12.5 Å². The van der Waals surface area contributed by atoms with Gasteiger partial charge in [-0.2, -0.15) is 5.10 Å². The molecule has 5 heteroatoms. The van der Waals surface area contributed by atoms with E-state index in [0.717, 1.165) is 28.6 Å². The Kier molecular flexibility index (Phi) is 3.66. The average molecular weight is 259 g/mol. The minimum absolute atomic E-state index is 0.293. The number of nitrogens with zero attached hydrogens (tertiary/aromatic N) is 4. The molecule has 2 rings (SSSR count). The molecular weight excluding hydrogens is 238 g/mol. The van der Waals surface area contributed by atoms with Crippen LogP contribution in [0.4, 0.5) is 0 Å². The van der Waals surface area contributed by atoms with Crippen LogP contribution in [0, 0.1) is 20.8 Å². The van der Waals surface area contributed by atoms with Gasteiger partial charge in [-0.05, 0) is 26.3 Å². The molecule has 0 aliphatic carbocycles. The molecule has 2 N–H and O–H groups in total. The highest BCUT2D eigenvalue weighted by molar-refractivity contribution is 5.38. The molecule has 5 nitrogen and oxygen atoms in total. The van der Waals surface area contributed by atoms with E-state index < -0.39 is 0 Å². The first kappa shape index (κ1) is 13.7. The van der Waals surface area contributed by atoms with Crippen LogP contribution in [0.2, 0.25) is 0 Å². The van der Waals surface area contributed by atoms with Crippen LogP contribution in [0.25, 0.3) is 5.69 Å². The first-order chi connectivity index (χ1) is 8.95. The molecule has 19 heavy (non-hydrogen) atoms. The lowest BCUT2D eigenvalue weighted by atomic mass is 10.2. The third-order valence-electron chi connectivity index (χ3n) is 3.46. The van der Waals surface area contributed by atoms with Gasteiger partial charge in [0.1, 0.15) is 11.5 Å². The van der Waals surface area contributed by atoms with Crippen LogP contribution in [0.3, 0.4) is 0 Å². The van der Waals surface area contributed by atoms with E-state index in [1.807, 2.05) is 24.7 Å². The highest BCUT2D eigenvalue weighted by Crippen LogP contribution is 2.20. The quantitative estimate of drug-likeness (QED) is 0.917. The van der Waals surface area contributed by atoms with E-state index in [1.54, 1.807) is 0 Å². The first-order valence-corrected chi connectivity index (χ1v) is 6.54. The van der Waals surface area contributed by atoms with Crippen molar-refractivity contribution in [2.75, 3.05) is 0 Å². The number of hydrogen-bond acceptors (Lipinski definition) is 4. The number of hydrogen-bond donors (Lipinski definition) is 1. The summed E-state index contributed by atoms with van der Waals surface area (Å²) in [6.45, 7) is 10.6. The molecular formula is C14H21N5. The predicted molar refractivity (Wildman–Crippen MR) is 75.3 cm³/mol. The standard InChI is InChI=1S/C14H21N5/c1-8(2)14-16-7-13(12(6-15)17-14)19-11(5)9(3)10(4)18-19/h7-8H,6,15H2,1-5H3. The second kappa shape index (κ2) is 5.09. The van der Waals surface area contributed by atoms with E-state index in [9.17, 15) is 0 Å². The molecule has 0 fully saturated rings. The smallest absolute Gasteiger partial charge is 0.131 e. The molecule has 2 aromatic heterocycles. The molecule has 0 aromatic carbocycles. The predicted octanol–water partition coefficient (Wildman–Crippen LogP) is 2.17. The van der Waals surface area contributed by atoms with Gasteiger partial charge in [-0.15, -0.1) is 0 Å². The van der Waals surface area contributed by atoms with Crippen LogP contribution in [0.15, 0.2) is 6.20 Å². The Morgan fingerprint density at radius 1 is 1.26 bits per heavy atom. The van der Waals surface area contributed by atoms with Crippen LogP contribution in [-0.2, 0) is 6.54 Å². The lowest BCUT2D eigenvalue weighted by Gasteiger charge is -2.11. The Bertz CT molecular complexity index is 598. The van der Waals surface area contributed by atoms with E-state index in [4.69, 9.17) is 5.73 Å². The van der Waals surface area contributed by atoms with Gasteiger partial charge < -0.3 is 5.73 Å². The van der Waals surface area contributed by atoms with E-state index in [1.165, 1.54) is 5.56 Å². The van der Waals surface area contributed by atoms with Crippen LogP contribution < -0.4 is 5.73 Å². The summed E-state index contributed by atoms with van der Waals surface area (Å²) in [5, 5.41) is 4.54. The van der Waals surface area contributed by atoms with Crippen molar-refractivity contribution in [2.45, 2.75) is 47.1 Å². The van der Waals surface area contributed by atoms with Crippen molar-refractivity contribution in [3.63, 3.8) is 0 Å². The Morgan fingerprint density at radius 3 is 2.42 bits per heavy atom. The zero-order valence-corrected chi connectivity index (χ0v) is 12.2. The van der Waals surface area contributed by atoms with Gasteiger partial charge in [-0.3, -0.25) is 0 Å². The minimum atomic E-state index is 0.293. The maximum Gasteiger partial charge on any atom is 0.131 e. The number of aryl methyl sites for hydroxylation is 1. The van der Waals surface area contributed by atoms with Crippen molar-refractivity contribution in [1.82, 2.24) is 19.7 Å². The van der Waals surface area contributed by atoms with Gasteiger partial charge in [-0.1, -0.05) is 13.8 Å².